The summed E-state index contributed by atoms with van der Waals surface area (Å²) in [5.41, 5.74) is 1.62. The van der Waals surface area contributed by atoms with E-state index in [1.165, 1.54) is 0 Å². The first-order chi connectivity index (χ1) is 10.3. The zero-order valence-electron chi connectivity index (χ0n) is 11.8. The number of carbonyl (C=O) groups is 1. The summed E-state index contributed by atoms with van der Waals surface area (Å²) in [5, 5.41) is 6.80. The van der Waals surface area contributed by atoms with Gasteiger partial charge in [-0.1, -0.05) is 12.1 Å². The minimum atomic E-state index is -0.184. The molecule has 2 aromatic rings. The summed E-state index contributed by atoms with van der Waals surface area (Å²) < 4.78 is 5.40. The predicted molar refractivity (Wildman–Crippen MR) is 82.3 cm³/mol. The van der Waals surface area contributed by atoms with Gasteiger partial charge in [-0.05, 0) is 37.0 Å². The van der Waals surface area contributed by atoms with Crippen molar-refractivity contribution in [2.75, 3.05) is 25.1 Å². The number of urea groups is 1. The molecule has 1 atom stereocenters. The molecule has 0 saturated carbocycles. The van der Waals surface area contributed by atoms with Crippen LogP contribution in [0.1, 0.15) is 12.8 Å². The monoisotopic (exact) mass is 285 g/mol. The first-order valence-electron chi connectivity index (χ1n) is 7.28. The number of nitrogens with one attached hydrogen (secondary N) is 2. The van der Waals surface area contributed by atoms with Gasteiger partial charge in [0.05, 0.1) is 12.1 Å². The summed E-state index contributed by atoms with van der Waals surface area (Å²) >= 11 is 0. The van der Waals surface area contributed by atoms with Crippen LogP contribution >= 0.6 is 0 Å². The summed E-state index contributed by atoms with van der Waals surface area (Å²) in [6, 6.07) is 9.42. The fourth-order valence-electron chi connectivity index (χ4n) is 2.52. The smallest absolute Gasteiger partial charge is 0.319 e. The SMILES string of the molecule is O=C(NC[C@@H]1CCCOC1)Nc1ccc2cccnc2c1. The van der Waals surface area contributed by atoms with E-state index in [0.717, 1.165) is 42.6 Å². The van der Waals surface area contributed by atoms with Crippen molar-refractivity contribution in [3.05, 3.63) is 36.5 Å². The van der Waals surface area contributed by atoms with Crippen molar-refractivity contribution in [1.29, 1.82) is 0 Å². The number of nitrogens with zero attached hydrogens (tertiary/aromatic N) is 1. The van der Waals surface area contributed by atoms with Crippen molar-refractivity contribution in [3.63, 3.8) is 0 Å². The Morgan fingerprint density at radius 1 is 1.38 bits per heavy atom. The van der Waals surface area contributed by atoms with Gasteiger partial charge in [0, 0.05) is 30.4 Å². The van der Waals surface area contributed by atoms with Crippen LogP contribution in [0.5, 0.6) is 0 Å². The van der Waals surface area contributed by atoms with Crippen molar-refractivity contribution >= 4 is 22.6 Å². The molecule has 0 bridgehead atoms. The number of fused-ring (bicyclic) bond motifs is 1. The van der Waals surface area contributed by atoms with Crippen molar-refractivity contribution in [1.82, 2.24) is 10.3 Å². The number of carbonyl (C=O) groups excluding carboxylic acids is 1. The minimum Gasteiger partial charge on any atom is -0.381 e. The van der Waals surface area contributed by atoms with Crippen LogP contribution < -0.4 is 10.6 Å². The Hall–Kier alpha value is -2.14. The second kappa shape index (κ2) is 6.54. The molecule has 0 unspecified atom stereocenters. The first-order valence-corrected chi connectivity index (χ1v) is 7.28. The minimum absolute atomic E-state index is 0.184. The lowest BCUT2D eigenvalue weighted by Gasteiger charge is -2.22. The van der Waals surface area contributed by atoms with Crippen LogP contribution in [-0.2, 0) is 4.74 Å². The average molecular weight is 285 g/mol. The van der Waals surface area contributed by atoms with Crippen molar-refractivity contribution in [3.8, 4) is 0 Å². The van der Waals surface area contributed by atoms with Crippen LogP contribution in [0.25, 0.3) is 10.9 Å². The third-order valence-corrected chi connectivity index (χ3v) is 3.67. The highest BCUT2D eigenvalue weighted by Crippen LogP contribution is 2.17. The van der Waals surface area contributed by atoms with Crippen LogP contribution in [0.3, 0.4) is 0 Å². The lowest BCUT2D eigenvalue weighted by atomic mass is 10.0. The maximum absolute atomic E-state index is 11.9. The van der Waals surface area contributed by atoms with E-state index in [4.69, 9.17) is 4.74 Å². The molecule has 1 aromatic carbocycles. The molecular weight excluding hydrogens is 266 g/mol. The quantitative estimate of drug-likeness (QED) is 0.911. The molecule has 2 amide bonds. The second-order valence-corrected chi connectivity index (χ2v) is 5.33. The Bertz CT molecular complexity index is 624. The second-order valence-electron chi connectivity index (χ2n) is 5.33. The van der Waals surface area contributed by atoms with Gasteiger partial charge in [0.2, 0.25) is 0 Å². The normalized spacial score (nSPS) is 18.4. The van der Waals surface area contributed by atoms with E-state index in [1.54, 1.807) is 6.20 Å². The van der Waals surface area contributed by atoms with E-state index in [-0.39, 0.29) is 6.03 Å². The standard InChI is InChI=1S/C16H19N3O2/c20-16(18-10-12-3-2-8-21-11-12)19-14-6-5-13-4-1-7-17-15(13)9-14/h1,4-7,9,12H,2-3,8,10-11H2,(H2,18,19,20)/t12-/m0/s1. The molecule has 1 aliphatic rings. The van der Waals surface area contributed by atoms with Gasteiger partial charge in [-0.15, -0.1) is 0 Å². The molecule has 0 radical (unpaired) electrons. The lowest BCUT2D eigenvalue weighted by Crippen LogP contribution is -2.35. The number of ether oxygens (including phenoxy) is 1. The number of amides is 2. The Morgan fingerprint density at radius 3 is 3.19 bits per heavy atom. The van der Waals surface area contributed by atoms with Gasteiger partial charge in [-0.3, -0.25) is 4.98 Å². The third kappa shape index (κ3) is 3.70. The van der Waals surface area contributed by atoms with Gasteiger partial charge in [-0.2, -0.15) is 0 Å². The largest absolute Gasteiger partial charge is 0.381 e. The fraction of sp³-hybridized carbons (Fsp3) is 0.375. The van der Waals surface area contributed by atoms with E-state index < -0.39 is 0 Å². The Kier molecular flexibility index (Phi) is 4.31. The number of hydrogen-bond donors (Lipinski definition) is 2. The Morgan fingerprint density at radius 2 is 2.33 bits per heavy atom. The number of pyridine rings is 1. The summed E-state index contributed by atoms with van der Waals surface area (Å²) in [6.07, 6.45) is 3.93. The summed E-state index contributed by atoms with van der Waals surface area (Å²) in [4.78, 5) is 16.2. The number of anilines is 1. The highest BCUT2D eigenvalue weighted by atomic mass is 16.5. The molecule has 110 valence electrons. The maximum atomic E-state index is 11.9. The molecule has 1 aromatic heterocycles. The molecule has 3 rings (SSSR count). The zero-order chi connectivity index (χ0) is 14.5. The molecule has 5 heteroatoms. The van der Waals surface area contributed by atoms with Crippen molar-refractivity contribution in [2.45, 2.75) is 12.8 Å². The predicted octanol–water partition coefficient (Wildman–Crippen LogP) is 2.78. The number of aromatic nitrogens is 1. The summed E-state index contributed by atoms with van der Waals surface area (Å²) in [6.45, 7) is 2.23. The van der Waals surface area contributed by atoms with Gasteiger partial charge in [0.15, 0.2) is 0 Å². The molecule has 2 heterocycles. The number of benzene rings is 1. The van der Waals surface area contributed by atoms with Crippen LogP contribution in [0, 0.1) is 5.92 Å². The first kappa shape index (κ1) is 13.8. The fourth-order valence-corrected chi connectivity index (χ4v) is 2.52. The maximum Gasteiger partial charge on any atom is 0.319 e. The van der Waals surface area contributed by atoms with E-state index in [9.17, 15) is 4.79 Å². The highest BCUT2D eigenvalue weighted by Gasteiger charge is 2.14. The Balaban J connectivity index is 1.55. The number of rotatable bonds is 3. The van der Waals surface area contributed by atoms with E-state index in [0.29, 0.717) is 12.5 Å². The summed E-state index contributed by atoms with van der Waals surface area (Å²) in [7, 11) is 0. The topological polar surface area (TPSA) is 63.2 Å². The van der Waals surface area contributed by atoms with E-state index >= 15 is 0 Å². The molecule has 1 saturated heterocycles. The molecule has 2 N–H and O–H groups in total. The molecule has 5 nitrogen and oxygen atoms in total. The zero-order valence-corrected chi connectivity index (χ0v) is 11.8. The Labute approximate surface area is 123 Å². The van der Waals surface area contributed by atoms with Gasteiger partial charge >= 0.3 is 6.03 Å². The average Bonchev–Trinajstić information content (AvgIpc) is 2.54. The lowest BCUT2D eigenvalue weighted by molar-refractivity contribution is 0.0559. The number of hydrogen-bond acceptors (Lipinski definition) is 3. The molecule has 0 spiro atoms. The molecule has 21 heavy (non-hydrogen) atoms. The van der Waals surface area contributed by atoms with Gasteiger partial charge < -0.3 is 15.4 Å². The molecule has 1 aliphatic heterocycles. The van der Waals surface area contributed by atoms with Gasteiger partial charge in [-0.25, -0.2) is 4.79 Å². The van der Waals surface area contributed by atoms with Gasteiger partial charge in [0.25, 0.3) is 0 Å². The third-order valence-electron chi connectivity index (χ3n) is 3.67. The van der Waals surface area contributed by atoms with Crippen LogP contribution in [0.2, 0.25) is 0 Å². The molecular formula is C16H19N3O2. The van der Waals surface area contributed by atoms with Crippen molar-refractivity contribution < 1.29 is 9.53 Å². The van der Waals surface area contributed by atoms with Crippen LogP contribution in [-0.4, -0.2) is 30.8 Å². The molecule has 0 aliphatic carbocycles. The van der Waals surface area contributed by atoms with E-state index in [2.05, 4.69) is 15.6 Å². The summed E-state index contributed by atoms with van der Waals surface area (Å²) in [5.74, 6) is 0.419. The van der Waals surface area contributed by atoms with Gasteiger partial charge in [0.1, 0.15) is 0 Å². The van der Waals surface area contributed by atoms with Crippen LogP contribution in [0.15, 0.2) is 36.5 Å². The van der Waals surface area contributed by atoms with Crippen molar-refractivity contribution in [2.24, 2.45) is 5.92 Å². The van der Waals surface area contributed by atoms with E-state index in [1.807, 2.05) is 30.3 Å². The highest BCUT2D eigenvalue weighted by molar-refractivity contribution is 5.92. The van der Waals surface area contributed by atoms with Crippen LogP contribution in [0.4, 0.5) is 10.5 Å². The molecule has 1 fully saturated rings.